The number of benzene rings is 2. The van der Waals surface area contributed by atoms with E-state index in [1.165, 1.54) is 4.90 Å². The normalized spacial score (nSPS) is 12.2. The van der Waals surface area contributed by atoms with Crippen molar-refractivity contribution in [2.75, 3.05) is 6.61 Å². The van der Waals surface area contributed by atoms with Crippen LogP contribution in [-0.4, -0.2) is 34.9 Å². The fourth-order valence-electron chi connectivity index (χ4n) is 2.97. The number of hydrogen-bond donors (Lipinski definition) is 1. The van der Waals surface area contributed by atoms with Gasteiger partial charge in [-0.2, -0.15) is 0 Å². The summed E-state index contributed by atoms with van der Waals surface area (Å²) in [6.07, 6.45) is 0.452. The third-order valence-electron chi connectivity index (χ3n) is 4.40. The van der Waals surface area contributed by atoms with Crippen LogP contribution in [0.25, 0.3) is 0 Å². The Morgan fingerprint density at radius 2 is 1.74 bits per heavy atom. The number of halogens is 3. The number of nitrogens with zero attached hydrogens (tertiary/aromatic N) is 1. The smallest absolute Gasteiger partial charge is 0.261 e. The monoisotopic (exact) mass is 528 g/mol. The molecule has 168 valence electrons. The summed E-state index contributed by atoms with van der Waals surface area (Å²) in [5, 5.41) is 3.79. The lowest BCUT2D eigenvalue weighted by molar-refractivity contribution is -0.143. The molecule has 0 aliphatic carbocycles. The molecular formula is C23H27BrCl2N2O3. The van der Waals surface area contributed by atoms with Crippen molar-refractivity contribution in [3.63, 3.8) is 0 Å². The van der Waals surface area contributed by atoms with Crippen molar-refractivity contribution < 1.29 is 14.3 Å². The number of nitrogens with one attached hydrogen (secondary N) is 1. The molecule has 1 N–H and O–H groups in total. The summed E-state index contributed by atoms with van der Waals surface area (Å²) in [5.74, 6) is 0.0511. The van der Waals surface area contributed by atoms with Crippen LogP contribution in [-0.2, 0) is 16.1 Å². The Morgan fingerprint density at radius 1 is 1.10 bits per heavy atom. The molecule has 0 saturated carbocycles. The Kier molecular flexibility index (Phi) is 9.22. The van der Waals surface area contributed by atoms with Crippen LogP contribution < -0.4 is 10.1 Å². The van der Waals surface area contributed by atoms with Gasteiger partial charge >= 0.3 is 0 Å². The van der Waals surface area contributed by atoms with Gasteiger partial charge in [-0.3, -0.25) is 9.59 Å². The lowest BCUT2D eigenvalue weighted by Crippen LogP contribution is -2.54. The minimum Gasteiger partial charge on any atom is -0.484 e. The van der Waals surface area contributed by atoms with Crippen LogP contribution in [0.1, 0.15) is 39.7 Å². The zero-order chi connectivity index (χ0) is 23.2. The topological polar surface area (TPSA) is 58.6 Å². The highest BCUT2D eigenvalue weighted by Crippen LogP contribution is 2.24. The lowest BCUT2D eigenvalue weighted by Gasteiger charge is -2.33. The van der Waals surface area contributed by atoms with Gasteiger partial charge in [0.2, 0.25) is 5.91 Å². The van der Waals surface area contributed by atoms with E-state index >= 15 is 0 Å². The molecule has 0 saturated heterocycles. The maximum Gasteiger partial charge on any atom is 0.261 e. The molecule has 0 aliphatic rings. The van der Waals surface area contributed by atoms with Crippen LogP contribution in [0.3, 0.4) is 0 Å². The van der Waals surface area contributed by atoms with Crippen LogP contribution in [0.15, 0.2) is 46.9 Å². The Hall–Kier alpha value is -1.76. The quantitative estimate of drug-likeness (QED) is 0.466. The van der Waals surface area contributed by atoms with Gasteiger partial charge < -0.3 is 15.0 Å². The molecule has 2 aromatic rings. The van der Waals surface area contributed by atoms with Gasteiger partial charge in [0.05, 0.1) is 10.0 Å². The second-order valence-electron chi connectivity index (χ2n) is 8.18. The summed E-state index contributed by atoms with van der Waals surface area (Å²) in [7, 11) is 0. The summed E-state index contributed by atoms with van der Waals surface area (Å²) < 4.78 is 6.58. The second-order valence-corrected chi connectivity index (χ2v) is 9.91. The van der Waals surface area contributed by atoms with E-state index in [1.54, 1.807) is 30.3 Å². The maximum atomic E-state index is 13.2. The highest BCUT2D eigenvalue weighted by Gasteiger charge is 2.31. The van der Waals surface area contributed by atoms with Crippen LogP contribution >= 0.6 is 39.1 Å². The Balaban J connectivity index is 2.25. The molecule has 0 radical (unpaired) electrons. The number of rotatable bonds is 8. The van der Waals surface area contributed by atoms with Crippen molar-refractivity contribution in [1.29, 1.82) is 0 Å². The van der Waals surface area contributed by atoms with Crippen molar-refractivity contribution >= 4 is 50.9 Å². The molecule has 0 heterocycles. The van der Waals surface area contributed by atoms with Crippen LogP contribution in [0.5, 0.6) is 5.75 Å². The predicted molar refractivity (Wildman–Crippen MR) is 129 cm³/mol. The summed E-state index contributed by atoms with van der Waals surface area (Å²) in [4.78, 5) is 27.7. The van der Waals surface area contributed by atoms with Gasteiger partial charge in [-0.05, 0) is 69.2 Å². The number of amides is 2. The van der Waals surface area contributed by atoms with Gasteiger partial charge in [0.1, 0.15) is 11.8 Å². The predicted octanol–water partition coefficient (Wildman–Crippen LogP) is 5.86. The van der Waals surface area contributed by atoms with E-state index in [-0.39, 0.29) is 25.0 Å². The van der Waals surface area contributed by atoms with Crippen molar-refractivity contribution in [2.45, 2.75) is 52.2 Å². The molecule has 0 fully saturated rings. The first-order valence-corrected chi connectivity index (χ1v) is 11.5. The molecule has 2 aromatic carbocycles. The van der Waals surface area contributed by atoms with E-state index in [0.717, 1.165) is 10.0 Å². The van der Waals surface area contributed by atoms with Crippen molar-refractivity contribution in [3.8, 4) is 5.75 Å². The molecule has 2 rings (SSSR count). The minimum absolute atomic E-state index is 0.192. The first kappa shape index (κ1) is 25.5. The molecule has 1 atom stereocenters. The number of carbonyl (C=O) groups is 2. The summed E-state index contributed by atoms with van der Waals surface area (Å²) in [5.41, 5.74) is 0.352. The Bertz CT molecular complexity index is 914. The molecule has 0 bridgehead atoms. The summed E-state index contributed by atoms with van der Waals surface area (Å²) >= 11 is 15.5. The Labute approximate surface area is 202 Å². The van der Waals surface area contributed by atoms with Crippen molar-refractivity contribution in [3.05, 3.63) is 62.5 Å². The first-order valence-electron chi connectivity index (χ1n) is 9.94. The molecule has 8 heteroatoms. The summed E-state index contributed by atoms with van der Waals surface area (Å²) in [6, 6.07) is 11.7. The zero-order valence-corrected chi connectivity index (χ0v) is 21.1. The average molecular weight is 530 g/mol. The zero-order valence-electron chi connectivity index (χ0n) is 18.0. The van der Waals surface area contributed by atoms with Gasteiger partial charge in [-0.1, -0.05) is 52.1 Å². The van der Waals surface area contributed by atoms with E-state index < -0.39 is 11.6 Å². The van der Waals surface area contributed by atoms with Gasteiger partial charge in [0.15, 0.2) is 6.61 Å². The first-order chi connectivity index (χ1) is 14.5. The van der Waals surface area contributed by atoms with E-state index in [1.807, 2.05) is 39.8 Å². The third-order valence-corrected chi connectivity index (χ3v) is 5.66. The van der Waals surface area contributed by atoms with Gasteiger partial charge in [0.25, 0.3) is 5.91 Å². The van der Waals surface area contributed by atoms with Crippen molar-refractivity contribution in [1.82, 2.24) is 10.2 Å². The highest BCUT2D eigenvalue weighted by molar-refractivity contribution is 9.10. The van der Waals surface area contributed by atoms with E-state index in [9.17, 15) is 9.59 Å². The number of carbonyl (C=O) groups excluding carboxylic acids is 2. The van der Waals surface area contributed by atoms with Gasteiger partial charge in [-0.25, -0.2) is 0 Å². The van der Waals surface area contributed by atoms with E-state index in [0.29, 0.717) is 22.2 Å². The number of hydrogen-bond acceptors (Lipinski definition) is 3. The van der Waals surface area contributed by atoms with Gasteiger partial charge in [-0.15, -0.1) is 0 Å². The van der Waals surface area contributed by atoms with Crippen LogP contribution in [0.4, 0.5) is 0 Å². The molecule has 0 unspecified atom stereocenters. The van der Waals surface area contributed by atoms with Gasteiger partial charge in [0, 0.05) is 16.6 Å². The van der Waals surface area contributed by atoms with Crippen LogP contribution in [0, 0.1) is 0 Å². The standard InChI is InChI=1S/C23H27BrCl2N2O3/c1-5-20(22(30)27-23(2,3)4)28(13-15-6-11-18(25)19(26)12-15)21(29)14-31-17-9-7-16(24)8-10-17/h6-12,20H,5,13-14H2,1-4H3,(H,27,30)/t20-/m0/s1. The number of ether oxygens (including phenoxy) is 1. The van der Waals surface area contributed by atoms with Crippen LogP contribution in [0.2, 0.25) is 10.0 Å². The van der Waals surface area contributed by atoms with E-state index in [4.69, 9.17) is 27.9 Å². The molecular weight excluding hydrogens is 503 g/mol. The lowest BCUT2D eigenvalue weighted by atomic mass is 10.1. The highest BCUT2D eigenvalue weighted by atomic mass is 79.9. The molecule has 0 aromatic heterocycles. The molecule has 0 aliphatic heterocycles. The molecule has 0 spiro atoms. The fourth-order valence-corrected chi connectivity index (χ4v) is 3.55. The minimum atomic E-state index is -0.658. The average Bonchev–Trinajstić information content (AvgIpc) is 2.68. The van der Waals surface area contributed by atoms with E-state index in [2.05, 4.69) is 21.2 Å². The molecule has 5 nitrogen and oxygen atoms in total. The largest absolute Gasteiger partial charge is 0.484 e. The third kappa shape index (κ3) is 8.02. The van der Waals surface area contributed by atoms with Crippen molar-refractivity contribution in [2.24, 2.45) is 0 Å². The summed E-state index contributed by atoms with van der Waals surface area (Å²) in [6.45, 7) is 7.59. The SMILES string of the molecule is CC[C@@H](C(=O)NC(C)(C)C)N(Cc1ccc(Cl)c(Cl)c1)C(=O)COc1ccc(Br)cc1. The molecule has 31 heavy (non-hydrogen) atoms. The molecule has 2 amide bonds. The maximum absolute atomic E-state index is 13.2. The fraction of sp³-hybridized carbons (Fsp3) is 0.391. The second kappa shape index (κ2) is 11.2. The Morgan fingerprint density at radius 3 is 2.29 bits per heavy atom.